The lowest BCUT2D eigenvalue weighted by Gasteiger charge is -2.18. The van der Waals surface area contributed by atoms with Crippen LogP contribution in [0.15, 0.2) is 134 Å². The maximum absolute atomic E-state index is 12.8. The molecule has 0 aliphatic heterocycles. The van der Waals surface area contributed by atoms with Crippen LogP contribution in [0.1, 0.15) is 207 Å². The summed E-state index contributed by atoms with van der Waals surface area (Å²) in [6.45, 7) is 6.30. The normalized spacial score (nSPS) is 13.2. The first kappa shape index (κ1) is 61.5. The van der Waals surface area contributed by atoms with E-state index in [-0.39, 0.29) is 37.5 Å². The van der Waals surface area contributed by atoms with Crippen LogP contribution in [0, 0.1) is 0 Å². The van der Waals surface area contributed by atoms with Gasteiger partial charge in [-0.3, -0.25) is 14.4 Å². The SMILES string of the molecule is CC/C=C\C/C=C\C/C=C\C/C=C\CCCCCCCCC(=O)OCC(COC(=O)CCCCC/C=C\C=C/CCCC)OC(=O)CCCCCCC\C=C/C=C\C=C/C=C\C=C/CCC. The molecule has 0 saturated carbocycles. The number of allylic oxidation sites excluding steroid dienone is 22. The molecule has 0 heterocycles. The van der Waals surface area contributed by atoms with Crippen LogP contribution in [-0.2, 0) is 28.6 Å². The summed E-state index contributed by atoms with van der Waals surface area (Å²) in [6.07, 6.45) is 74.3. The van der Waals surface area contributed by atoms with E-state index in [9.17, 15) is 14.4 Å². The van der Waals surface area contributed by atoms with Gasteiger partial charge in [0.05, 0.1) is 0 Å². The fourth-order valence-electron chi connectivity index (χ4n) is 6.56. The Morgan fingerprint density at radius 1 is 0.333 bits per heavy atom. The quantitative estimate of drug-likeness (QED) is 0.0199. The second kappa shape index (κ2) is 53.2. The Morgan fingerprint density at radius 2 is 0.682 bits per heavy atom. The molecule has 0 fully saturated rings. The number of hydrogen-bond donors (Lipinski definition) is 0. The average Bonchev–Trinajstić information content (AvgIpc) is 3.31. The molecule has 0 rings (SSSR count). The Balaban J connectivity index is 4.50. The van der Waals surface area contributed by atoms with E-state index in [0.29, 0.717) is 12.8 Å². The van der Waals surface area contributed by atoms with Gasteiger partial charge in [-0.05, 0) is 96.3 Å². The molecule has 0 aliphatic carbocycles. The molecule has 6 heteroatoms. The van der Waals surface area contributed by atoms with Gasteiger partial charge in [-0.1, -0.05) is 225 Å². The zero-order valence-corrected chi connectivity index (χ0v) is 42.1. The van der Waals surface area contributed by atoms with E-state index in [4.69, 9.17) is 14.2 Å². The molecule has 0 aliphatic rings. The Morgan fingerprint density at radius 3 is 1.15 bits per heavy atom. The zero-order chi connectivity index (χ0) is 47.9. The standard InChI is InChI=1S/C60H94O6/c1-4-7-10-13-16-19-22-24-26-28-30-32-33-35-38-41-44-47-50-53-59(62)65-56-57(55-64-58(61)52-49-46-43-40-37-21-18-15-12-9-6-3)66-60(63)54-51-48-45-42-39-36-34-31-29-27-25-23-20-17-14-11-8-5-2/h7,10-11,14-21,23-27,29-32,34,37,57H,4-6,8-9,12-13,22,28,33,35-36,38-56H2,1-3H3/b10-7-,14-11-,18-15-,19-16-,20-17-,25-23-,26-24-,29-27-,32-30-,34-31-,37-21-. The summed E-state index contributed by atoms with van der Waals surface area (Å²) in [5, 5.41) is 0. The highest BCUT2D eigenvalue weighted by atomic mass is 16.6. The number of rotatable bonds is 45. The molecule has 0 bridgehead atoms. The number of esters is 3. The molecular weight excluding hydrogens is 817 g/mol. The van der Waals surface area contributed by atoms with Crippen molar-refractivity contribution in [3.8, 4) is 0 Å². The summed E-state index contributed by atoms with van der Waals surface area (Å²) in [5.74, 6) is -0.986. The topological polar surface area (TPSA) is 78.9 Å². The lowest BCUT2D eigenvalue weighted by molar-refractivity contribution is -0.167. The molecule has 370 valence electrons. The first-order valence-electron chi connectivity index (χ1n) is 26.3. The molecule has 0 aromatic heterocycles. The van der Waals surface area contributed by atoms with Crippen molar-refractivity contribution >= 4 is 17.9 Å². The third-order valence-electron chi connectivity index (χ3n) is 10.5. The van der Waals surface area contributed by atoms with Gasteiger partial charge in [0.15, 0.2) is 6.10 Å². The molecule has 0 N–H and O–H groups in total. The minimum Gasteiger partial charge on any atom is -0.462 e. The maximum atomic E-state index is 12.8. The summed E-state index contributed by atoms with van der Waals surface area (Å²) in [5.41, 5.74) is 0. The smallest absolute Gasteiger partial charge is 0.306 e. The Bertz CT molecular complexity index is 1460. The first-order valence-corrected chi connectivity index (χ1v) is 26.3. The van der Waals surface area contributed by atoms with Gasteiger partial charge >= 0.3 is 17.9 Å². The fraction of sp³-hybridized carbons (Fsp3) is 0.583. The molecule has 0 aromatic rings. The van der Waals surface area contributed by atoms with Crippen LogP contribution in [0.4, 0.5) is 0 Å². The Hall–Kier alpha value is -4.45. The van der Waals surface area contributed by atoms with Crippen LogP contribution >= 0.6 is 0 Å². The van der Waals surface area contributed by atoms with Crippen LogP contribution in [0.25, 0.3) is 0 Å². The molecule has 6 nitrogen and oxygen atoms in total. The van der Waals surface area contributed by atoms with Crippen molar-refractivity contribution in [2.45, 2.75) is 213 Å². The van der Waals surface area contributed by atoms with Gasteiger partial charge in [-0.15, -0.1) is 0 Å². The predicted octanol–water partition coefficient (Wildman–Crippen LogP) is 17.5. The van der Waals surface area contributed by atoms with Crippen LogP contribution in [0.5, 0.6) is 0 Å². The van der Waals surface area contributed by atoms with E-state index in [1.807, 2.05) is 36.5 Å². The third kappa shape index (κ3) is 50.5. The Kier molecular flexibility index (Phi) is 49.6. The minimum absolute atomic E-state index is 0.110. The molecular formula is C60H94O6. The zero-order valence-electron chi connectivity index (χ0n) is 42.1. The second-order valence-electron chi connectivity index (χ2n) is 16.8. The molecule has 0 aromatic carbocycles. The monoisotopic (exact) mass is 911 g/mol. The van der Waals surface area contributed by atoms with E-state index < -0.39 is 6.10 Å². The van der Waals surface area contributed by atoms with Gasteiger partial charge in [0, 0.05) is 19.3 Å². The Labute approximate surface area is 405 Å². The number of carbonyl (C=O) groups is 3. The summed E-state index contributed by atoms with van der Waals surface area (Å²) < 4.78 is 16.7. The van der Waals surface area contributed by atoms with E-state index in [2.05, 4.69) is 118 Å². The maximum Gasteiger partial charge on any atom is 0.306 e. The summed E-state index contributed by atoms with van der Waals surface area (Å²) in [4.78, 5) is 38.0. The van der Waals surface area contributed by atoms with E-state index in [1.165, 1.54) is 32.1 Å². The number of carbonyl (C=O) groups excluding carboxylic acids is 3. The minimum atomic E-state index is -0.813. The van der Waals surface area contributed by atoms with E-state index in [0.717, 1.165) is 135 Å². The van der Waals surface area contributed by atoms with E-state index >= 15 is 0 Å². The van der Waals surface area contributed by atoms with Crippen molar-refractivity contribution in [1.29, 1.82) is 0 Å². The van der Waals surface area contributed by atoms with Crippen LogP contribution in [-0.4, -0.2) is 37.2 Å². The van der Waals surface area contributed by atoms with Crippen molar-refractivity contribution in [2.75, 3.05) is 13.2 Å². The summed E-state index contributed by atoms with van der Waals surface area (Å²) in [6, 6.07) is 0. The highest BCUT2D eigenvalue weighted by Gasteiger charge is 2.19. The largest absolute Gasteiger partial charge is 0.462 e. The first-order chi connectivity index (χ1) is 32.5. The number of ether oxygens (including phenoxy) is 3. The van der Waals surface area contributed by atoms with Crippen LogP contribution in [0.2, 0.25) is 0 Å². The average molecular weight is 911 g/mol. The fourth-order valence-corrected chi connectivity index (χ4v) is 6.56. The second-order valence-corrected chi connectivity index (χ2v) is 16.8. The van der Waals surface area contributed by atoms with Crippen molar-refractivity contribution < 1.29 is 28.6 Å². The van der Waals surface area contributed by atoms with Crippen LogP contribution < -0.4 is 0 Å². The molecule has 0 radical (unpaired) electrons. The third-order valence-corrected chi connectivity index (χ3v) is 10.5. The van der Waals surface area contributed by atoms with Crippen molar-refractivity contribution in [3.63, 3.8) is 0 Å². The molecule has 0 saturated heterocycles. The van der Waals surface area contributed by atoms with Gasteiger partial charge in [0.2, 0.25) is 0 Å². The van der Waals surface area contributed by atoms with Crippen molar-refractivity contribution in [3.05, 3.63) is 134 Å². The number of hydrogen-bond acceptors (Lipinski definition) is 6. The highest BCUT2D eigenvalue weighted by molar-refractivity contribution is 5.71. The van der Waals surface area contributed by atoms with Gasteiger partial charge in [0.1, 0.15) is 13.2 Å². The van der Waals surface area contributed by atoms with Gasteiger partial charge < -0.3 is 14.2 Å². The molecule has 66 heavy (non-hydrogen) atoms. The molecule has 0 amide bonds. The lowest BCUT2D eigenvalue weighted by atomic mass is 10.1. The van der Waals surface area contributed by atoms with Gasteiger partial charge in [-0.2, -0.15) is 0 Å². The molecule has 1 unspecified atom stereocenters. The predicted molar refractivity (Wildman–Crippen MR) is 283 cm³/mol. The summed E-state index contributed by atoms with van der Waals surface area (Å²) >= 11 is 0. The molecule has 1 atom stereocenters. The highest BCUT2D eigenvalue weighted by Crippen LogP contribution is 2.13. The van der Waals surface area contributed by atoms with Crippen molar-refractivity contribution in [2.24, 2.45) is 0 Å². The van der Waals surface area contributed by atoms with Crippen molar-refractivity contribution in [1.82, 2.24) is 0 Å². The molecule has 0 spiro atoms. The van der Waals surface area contributed by atoms with Crippen LogP contribution in [0.3, 0.4) is 0 Å². The summed E-state index contributed by atoms with van der Waals surface area (Å²) in [7, 11) is 0. The number of unbranched alkanes of at least 4 members (excludes halogenated alkanes) is 17. The van der Waals surface area contributed by atoms with Gasteiger partial charge in [-0.25, -0.2) is 0 Å². The van der Waals surface area contributed by atoms with Gasteiger partial charge in [0.25, 0.3) is 0 Å². The van der Waals surface area contributed by atoms with E-state index in [1.54, 1.807) is 0 Å². The lowest BCUT2D eigenvalue weighted by Crippen LogP contribution is -2.30.